The highest BCUT2D eigenvalue weighted by Gasteiger charge is 2.48. The number of benzene rings is 1. The van der Waals surface area contributed by atoms with Gasteiger partial charge >= 0.3 is 0 Å². The molecule has 8 nitrogen and oxygen atoms in total. The lowest BCUT2D eigenvalue weighted by atomic mass is 9.85. The number of aliphatic hydroxyl groups excluding tert-OH is 1. The number of amides is 3. The summed E-state index contributed by atoms with van der Waals surface area (Å²) in [6.45, 7) is 8.83. The van der Waals surface area contributed by atoms with Gasteiger partial charge < -0.3 is 20.6 Å². The molecule has 2 aliphatic heterocycles. The van der Waals surface area contributed by atoms with Crippen LogP contribution in [-0.2, 0) is 19.9 Å². The van der Waals surface area contributed by atoms with Gasteiger partial charge in [-0.05, 0) is 30.0 Å². The highest BCUT2D eigenvalue weighted by Crippen LogP contribution is 2.32. The van der Waals surface area contributed by atoms with Crippen molar-refractivity contribution in [1.29, 1.82) is 0 Å². The first-order valence-corrected chi connectivity index (χ1v) is 11.0. The number of amidine groups is 1. The van der Waals surface area contributed by atoms with E-state index >= 15 is 0 Å². The van der Waals surface area contributed by atoms with Crippen molar-refractivity contribution in [2.75, 3.05) is 6.54 Å². The van der Waals surface area contributed by atoms with Crippen molar-refractivity contribution < 1.29 is 19.5 Å². The number of β-amino-alcohol motifs (C(OH)–C–C–N with tert-alkyl or cyclic N) is 1. The molecule has 2 unspecified atom stereocenters. The van der Waals surface area contributed by atoms with Gasteiger partial charge in [-0.2, -0.15) is 4.99 Å². The number of rotatable bonds is 4. The molecule has 0 bridgehead atoms. The van der Waals surface area contributed by atoms with Crippen LogP contribution in [0.1, 0.15) is 46.6 Å². The minimum Gasteiger partial charge on any atom is -0.391 e. The molecule has 1 saturated heterocycles. The van der Waals surface area contributed by atoms with Gasteiger partial charge in [0.15, 0.2) is 0 Å². The average Bonchev–Trinajstić information content (AvgIpc) is 3.19. The minimum absolute atomic E-state index is 0.111. The van der Waals surface area contributed by atoms with Crippen molar-refractivity contribution in [3.63, 3.8) is 0 Å². The van der Waals surface area contributed by atoms with E-state index in [-0.39, 0.29) is 30.7 Å². The second-order valence-corrected chi connectivity index (χ2v) is 10.4. The maximum absolute atomic E-state index is 13.4. The number of nitrogens with zero attached hydrogens (tertiary/aromatic N) is 2. The van der Waals surface area contributed by atoms with E-state index in [4.69, 9.17) is 0 Å². The molecule has 3 rings (SSSR count). The Labute approximate surface area is 190 Å². The summed E-state index contributed by atoms with van der Waals surface area (Å²) < 4.78 is 0.897. The number of carbonyl (C=O) groups excluding carboxylic acids is 3. The van der Waals surface area contributed by atoms with Crippen LogP contribution in [0.15, 0.2) is 33.7 Å². The van der Waals surface area contributed by atoms with Gasteiger partial charge in [-0.1, -0.05) is 48.8 Å². The minimum atomic E-state index is -1.06. The SMILES string of the molecule is CC(=O)NC(C(=O)N1C[C@H](O)C[C@H]1C1=NC(=O)C(C)(c2ccc(Br)cc2)N1)C(C)(C)C. The second kappa shape index (κ2) is 8.35. The number of hydrogen-bond donors (Lipinski definition) is 3. The maximum Gasteiger partial charge on any atom is 0.277 e. The van der Waals surface area contributed by atoms with E-state index in [9.17, 15) is 19.5 Å². The maximum atomic E-state index is 13.4. The molecule has 1 aromatic rings. The van der Waals surface area contributed by atoms with Gasteiger partial charge in [-0.3, -0.25) is 14.4 Å². The van der Waals surface area contributed by atoms with Crippen LogP contribution >= 0.6 is 15.9 Å². The smallest absolute Gasteiger partial charge is 0.277 e. The van der Waals surface area contributed by atoms with Crippen molar-refractivity contribution in [2.45, 2.75) is 64.8 Å². The molecular formula is C22H29BrN4O4. The Kier molecular flexibility index (Phi) is 6.30. The molecule has 3 amide bonds. The van der Waals surface area contributed by atoms with E-state index in [1.807, 2.05) is 45.0 Å². The zero-order valence-electron chi connectivity index (χ0n) is 18.4. The van der Waals surface area contributed by atoms with Crippen molar-refractivity contribution in [3.05, 3.63) is 34.3 Å². The third-order valence-electron chi connectivity index (χ3n) is 5.79. The molecule has 0 radical (unpaired) electrons. The second-order valence-electron chi connectivity index (χ2n) is 9.45. The van der Waals surface area contributed by atoms with Crippen LogP contribution in [0, 0.1) is 5.41 Å². The van der Waals surface area contributed by atoms with Crippen LogP contribution in [-0.4, -0.2) is 58.3 Å². The van der Waals surface area contributed by atoms with Gasteiger partial charge in [0.2, 0.25) is 11.8 Å². The molecule has 0 spiro atoms. The van der Waals surface area contributed by atoms with Crippen LogP contribution in [0.2, 0.25) is 0 Å². The number of carbonyl (C=O) groups is 3. The Morgan fingerprint density at radius 3 is 2.48 bits per heavy atom. The van der Waals surface area contributed by atoms with E-state index in [1.54, 1.807) is 6.92 Å². The molecule has 1 aromatic carbocycles. The van der Waals surface area contributed by atoms with Gasteiger partial charge in [0.25, 0.3) is 5.91 Å². The summed E-state index contributed by atoms with van der Waals surface area (Å²) in [4.78, 5) is 43.7. The Balaban J connectivity index is 1.88. The third kappa shape index (κ3) is 4.67. The quantitative estimate of drug-likeness (QED) is 0.592. The molecule has 31 heavy (non-hydrogen) atoms. The van der Waals surface area contributed by atoms with Gasteiger partial charge in [-0.25, -0.2) is 0 Å². The number of likely N-dealkylation sites (tertiary alicyclic amines) is 1. The fraction of sp³-hybridized carbons (Fsp3) is 0.545. The van der Waals surface area contributed by atoms with Crippen LogP contribution in [0.4, 0.5) is 0 Å². The van der Waals surface area contributed by atoms with Crippen molar-refractivity contribution >= 4 is 39.5 Å². The zero-order chi connectivity index (χ0) is 23.1. The van der Waals surface area contributed by atoms with Crippen LogP contribution in [0.5, 0.6) is 0 Å². The van der Waals surface area contributed by atoms with Gasteiger partial charge in [0, 0.05) is 24.4 Å². The molecule has 0 aromatic heterocycles. The van der Waals surface area contributed by atoms with E-state index in [0.29, 0.717) is 5.84 Å². The Morgan fingerprint density at radius 2 is 1.94 bits per heavy atom. The lowest BCUT2D eigenvalue weighted by molar-refractivity contribution is -0.139. The molecule has 0 saturated carbocycles. The number of aliphatic hydroxyl groups is 1. The first kappa shape index (κ1) is 23.4. The predicted octanol–water partition coefficient (Wildman–Crippen LogP) is 1.71. The number of aliphatic imine (C=N–C) groups is 1. The van der Waals surface area contributed by atoms with E-state index in [2.05, 4.69) is 31.6 Å². The number of hydrogen-bond acceptors (Lipinski definition) is 5. The number of nitrogens with one attached hydrogen (secondary N) is 2. The normalized spacial score (nSPS) is 27.0. The van der Waals surface area contributed by atoms with Gasteiger partial charge in [0.05, 0.1) is 12.1 Å². The molecule has 4 atom stereocenters. The highest BCUT2D eigenvalue weighted by molar-refractivity contribution is 9.10. The first-order chi connectivity index (χ1) is 14.3. The lowest BCUT2D eigenvalue weighted by Crippen LogP contribution is -2.58. The standard InChI is InChI=1S/C22H29BrN4O4/c1-12(28)24-17(21(2,3)4)19(30)27-11-15(29)10-16(27)18-25-20(31)22(5,26-18)13-6-8-14(23)9-7-13/h6-9,15-17,29H,10-11H2,1-5H3,(H,24,28)(H,25,26,31)/t15-,16+,17?,22?/m1/s1. The van der Waals surface area contributed by atoms with Crippen molar-refractivity contribution in [1.82, 2.24) is 15.5 Å². The average molecular weight is 493 g/mol. The van der Waals surface area contributed by atoms with Crippen LogP contribution < -0.4 is 10.6 Å². The highest BCUT2D eigenvalue weighted by atomic mass is 79.9. The summed E-state index contributed by atoms with van der Waals surface area (Å²) in [5.74, 6) is -0.610. The Hall–Kier alpha value is -2.26. The third-order valence-corrected chi connectivity index (χ3v) is 6.32. The molecule has 2 aliphatic rings. The molecule has 2 heterocycles. The molecular weight excluding hydrogens is 464 g/mol. The Morgan fingerprint density at radius 1 is 1.32 bits per heavy atom. The van der Waals surface area contributed by atoms with E-state index in [1.165, 1.54) is 11.8 Å². The van der Waals surface area contributed by atoms with Crippen LogP contribution in [0.25, 0.3) is 0 Å². The summed E-state index contributed by atoms with van der Waals surface area (Å²) in [6.07, 6.45) is -0.482. The van der Waals surface area contributed by atoms with E-state index in [0.717, 1.165) is 10.0 Å². The molecule has 1 fully saturated rings. The Bertz CT molecular complexity index is 924. The summed E-state index contributed by atoms with van der Waals surface area (Å²) in [7, 11) is 0. The monoisotopic (exact) mass is 492 g/mol. The topological polar surface area (TPSA) is 111 Å². The zero-order valence-corrected chi connectivity index (χ0v) is 20.0. The summed E-state index contributed by atoms with van der Waals surface area (Å²) in [5, 5.41) is 16.3. The van der Waals surface area contributed by atoms with Gasteiger partial charge in [0.1, 0.15) is 17.4 Å². The van der Waals surface area contributed by atoms with E-state index < -0.39 is 29.1 Å². The van der Waals surface area contributed by atoms with Gasteiger partial charge in [-0.15, -0.1) is 0 Å². The fourth-order valence-electron chi connectivity index (χ4n) is 4.03. The van der Waals surface area contributed by atoms with Crippen molar-refractivity contribution in [2.24, 2.45) is 10.4 Å². The summed E-state index contributed by atoms with van der Waals surface area (Å²) in [5.41, 5.74) is -0.839. The summed E-state index contributed by atoms with van der Waals surface area (Å²) in [6, 6.07) is 6.03. The largest absolute Gasteiger partial charge is 0.391 e. The molecule has 3 N–H and O–H groups in total. The first-order valence-electron chi connectivity index (χ1n) is 10.3. The summed E-state index contributed by atoms with van der Waals surface area (Å²) >= 11 is 3.39. The van der Waals surface area contributed by atoms with Crippen LogP contribution in [0.3, 0.4) is 0 Å². The number of halogens is 1. The van der Waals surface area contributed by atoms with Crippen molar-refractivity contribution in [3.8, 4) is 0 Å². The molecule has 168 valence electrons. The fourth-order valence-corrected chi connectivity index (χ4v) is 4.29. The predicted molar refractivity (Wildman–Crippen MR) is 120 cm³/mol. The molecule has 0 aliphatic carbocycles. The molecule has 9 heteroatoms. The lowest BCUT2D eigenvalue weighted by Gasteiger charge is -2.36.